The molecule has 156 valence electrons. The molecule has 28 heavy (non-hydrogen) atoms. The molecule has 2 saturated heterocycles. The van der Waals surface area contributed by atoms with Crippen LogP contribution in [-0.4, -0.2) is 48.6 Å². The van der Waals surface area contributed by atoms with Crippen LogP contribution >= 0.6 is 0 Å². The number of nitrogens with one attached hydrogen (secondary N) is 1. The molecule has 0 bridgehead atoms. The summed E-state index contributed by atoms with van der Waals surface area (Å²) in [5, 5.41) is 2.45. The highest BCUT2D eigenvalue weighted by molar-refractivity contribution is 5.90. The van der Waals surface area contributed by atoms with Gasteiger partial charge in [-0.05, 0) is 49.1 Å². The third kappa shape index (κ3) is 5.40. The lowest BCUT2D eigenvalue weighted by Gasteiger charge is -2.39. The number of anilines is 1. The number of urea groups is 1. The van der Waals surface area contributed by atoms with E-state index >= 15 is 0 Å². The molecule has 0 radical (unpaired) electrons. The first kappa shape index (κ1) is 21.0. The molecule has 2 heterocycles. The Labute approximate surface area is 165 Å². The van der Waals surface area contributed by atoms with E-state index in [9.17, 15) is 18.0 Å². The molecule has 0 aromatic heterocycles. The molecule has 2 fully saturated rings. The molecule has 7 heteroatoms. The first-order chi connectivity index (χ1) is 13.2. The van der Waals surface area contributed by atoms with Crippen molar-refractivity contribution >= 4 is 11.7 Å². The SMILES string of the molecule is CC1CC(C)CN(CC2CCN(C(=O)Nc3ccccc3C(F)(F)F)CC2)C1. The maximum absolute atomic E-state index is 13.1. The predicted octanol–water partition coefficient (Wildman–Crippen LogP) is 4.93. The van der Waals surface area contributed by atoms with Gasteiger partial charge in [-0.1, -0.05) is 26.0 Å². The van der Waals surface area contributed by atoms with Crippen molar-refractivity contribution in [3.05, 3.63) is 29.8 Å². The van der Waals surface area contributed by atoms with E-state index in [2.05, 4.69) is 24.1 Å². The van der Waals surface area contributed by atoms with E-state index in [-0.39, 0.29) is 5.69 Å². The molecule has 0 saturated carbocycles. The number of para-hydroxylation sites is 1. The van der Waals surface area contributed by atoms with E-state index < -0.39 is 17.8 Å². The Morgan fingerprint density at radius 3 is 2.32 bits per heavy atom. The summed E-state index contributed by atoms with van der Waals surface area (Å²) < 4.78 is 39.3. The summed E-state index contributed by atoms with van der Waals surface area (Å²) >= 11 is 0. The quantitative estimate of drug-likeness (QED) is 0.785. The van der Waals surface area contributed by atoms with Gasteiger partial charge in [0.1, 0.15) is 0 Å². The van der Waals surface area contributed by atoms with Gasteiger partial charge in [0.25, 0.3) is 0 Å². The van der Waals surface area contributed by atoms with Crippen molar-refractivity contribution in [1.29, 1.82) is 0 Å². The average molecular weight is 397 g/mol. The molecule has 2 amide bonds. The first-order valence-electron chi connectivity index (χ1n) is 10.2. The summed E-state index contributed by atoms with van der Waals surface area (Å²) in [6.07, 6.45) is -1.41. The van der Waals surface area contributed by atoms with Crippen molar-refractivity contribution in [2.45, 2.75) is 39.3 Å². The third-order valence-electron chi connectivity index (χ3n) is 5.84. The van der Waals surface area contributed by atoms with Crippen LogP contribution in [0.4, 0.5) is 23.7 Å². The number of halogens is 3. The van der Waals surface area contributed by atoms with Gasteiger partial charge >= 0.3 is 12.2 Å². The molecule has 1 aromatic rings. The largest absolute Gasteiger partial charge is 0.418 e. The maximum Gasteiger partial charge on any atom is 0.418 e. The summed E-state index contributed by atoms with van der Waals surface area (Å²) in [7, 11) is 0. The van der Waals surface area contributed by atoms with Gasteiger partial charge in [0, 0.05) is 32.7 Å². The summed E-state index contributed by atoms with van der Waals surface area (Å²) in [6.45, 7) is 9.11. The van der Waals surface area contributed by atoms with Crippen LogP contribution in [0.25, 0.3) is 0 Å². The molecular formula is C21H30F3N3O. The lowest BCUT2D eigenvalue weighted by molar-refractivity contribution is -0.136. The standard InChI is InChI=1S/C21H30F3N3O/c1-15-11-16(2)13-26(12-15)14-17-7-9-27(10-8-17)20(28)25-19-6-4-3-5-18(19)21(22,23)24/h3-6,15-17H,7-14H2,1-2H3,(H,25,28). The maximum atomic E-state index is 13.1. The molecule has 0 aliphatic carbocycles. The summed E-state index contributed by atoms with van der Waals surface area (Å²) in [4.78, 5) is 16.6. The van der Waals surface area contributed by atoms with Gasteiger partial charge in [0.2, 0.25) is 0 Å². The average Bonchev–Trinajstić information content (AvgIpc) is 2.61. The summed E-state index contributed by atoms with van der Waals surface area (Å²) in [5.74, 6) is 2.00. The second-order valence-electron chi connectivity index (χ2n) is 8.57. The number of amides is 2. The van der Waals surface area contributed by atoms with Crippen LogP contribution in [0.2, 0.25) is 0 Å². The van der Waals surface area contributed by atoms with Crippen molar-refractivity contribution in [3.8, 4) is 0 Å². The van der Waals surface area contributed by atoms with E-state index in [1.165, 1.54) is 24.6 Å². The Morgan fingerprint density at radius 2 is 1.71 bits per heavy atom. The summed E-state index contributed by atoms with van der Waals surface area (Å²) in [6, 6.07) is 4.66. The summed E-state index contributed by atoms with van der Waals surface area (Å²) in [5.41, 5.74) is -0.995. The molecule has 0 spiro atoms. The monoisotopic (exact) mass is 397 g/mol. The number of carbonyl (C=O) groups excluding carboxylic acids is 1. The number of nitrogens with zero attached hydrogens (tertiary/aromatic N) is 2. The fourth-order valence-electron chi connectivity index (χ4n) is 4.66. The molecule has 1 aromatic carbocycles. The van der Waals surface area contributed by atoms with Crippen LogP contribution in [0.15, 0.2) is 24.3 Å². The number of carbonyl (C=O) groups is 1. The molecule has 2 aliphatic rings. The first-order valence-corrected chi connectivity index (χ1v) is 10.2. The molecular weight excluding hydrogens is 367 g/mol. The molecule has 2 unspecified atom stereocenters. The van der Waals surface area contributed by atoms with Gasteiger partial charge in [0.05, 0.1) is 11.3 Å². The lowest BCUT2D eigenvalue weighted by atomic mass is 9.89. The molecule has 3 rings (SSSR count). The van der Waals surface area contributed by atoms with Crippen LogP contribution in [0.5, 0.6) is 0 Å². The highest BCUT2D eigenvalue weighted by Gasteiger charge is 2.34. The Hall–Kier alpha value is -1.76. The zero-order chi connectivity index (χ0) is 20.3. The number of likely N-dealkylation sites (tertiary alicyclic amines) is 2. The number of piperidine rings is 2. The second kappa shape index (κ2) is 8.72. The Balaban J connectivity index is 1.51. The van der Waals surface area contributed by atoms with Gasteiger partial charge in [-0.3, -0.25) is 0 Å². The van der Waals surface area contributed by atoms with Crippen LogP contribution < -0.4 is 5.32 Å². The van der Waals surface area contributed by atoms with Crippen molar-refractivity contribution in [2.75, 3.05) is 38.0 Å². The minimum Gasteiger partial charge on any atom is -0.325 e. The minimum absolute atomic E-state index is 0.182. The van der Waals surface area contributed by atoms with Gasteiger partial charge in [-0.25, -0.2) is 4.79 Å². The van der Waals surface area contributed by atoms with E-state index in [0.717, 1.165) is 50.4 Å². The van der Waals surface area contributed by atoms with Gasteiger partial charge in [0.15, 0.2) is 0 Å². The number of hydrogen-bond donors (Lipinski definition) is 1. The Kier molecular flexibility index (Phi) is 6.53. The number of benzene rings is 1. The van der Waals surface area contributed by atoms with E-state index in [1.807, 2.05) is 0 Å². The van der Waals surface area contributed by atoms with Crippen molar-refractivity contribution in [1.82, 2.24) is 9.80 Å². The van der Waals surface area contributed by atoms with Crippen LogP contribution in [-0.2, 0) is 6.18 Å². The van der Waals surface area contributed by atoms with Crippen LogP contribution in [0.1, 0.15) is 38.7 Å². The Bertz CT molecular complexity index is 661. The lowest BCUT2D eigenvalue weighted by Crippen LogP contribution is -2.46. The van der Waals surface area contributed by atoms with Crippen LogP contribution in [0.3, 0.4) is 0 Å². The van der Waals surface area contributed by atoms with Crippen molar-refractivity contribution in [3.63, 3.8) is 0 Å². The zero-order valence-electron chi connectivity index (χ0n) is 16.6. The zero-order valence-corrected chi connectivity index (χ0v) is 16.6. The molecule has 4 nitrogen and oxygen atoms in total. The van der Waals surface area contributed by atoms with Crippen molar-refractivity contribution < 1.29 is 18.0 Å². The smallest absolute Gasteiger partial charge is 0.325 e. The number of alkyl halides is 3. The van der Waals surface area contributed by atoms with E-state index in [4.69, 9.17) is 0 Å². The highest BCUT2D eigenvalue weighted by atomic mass is 19.4. The van der Waals surface area contributed by atoms with Gasteiger partial charge in [-0.2, -0.15) is 13.2 Å². The topological polar surface area (TPSA) is 35.6 Å². The van der Waals surface area contributed by atoms with E-state index in [0.29, 0.717) is 19.0 Å². The molecule has 2 aliphatic heterocycles. The van der Waals surface area contributed by atoms with Gasteiger partial charge < -0.3 is 15.1 Å². The normalized spacial score (nSPS) is 25.0. The molecule has 1 N–H and O–H groups in total. The number of rotatable bonds is 3. The van der Waals surface area contributed by atoms with Gasteiger partial charge in [-0.15, -0.1) is 0 Å². The fraction of sp³-hybridized carbons (Fsp3) is 0.667. The Morgan fingerprint density at radius 1 is 1.11 bits per heavy atom. The molecule has 2 atom stereocenters. The second-order valence-corrected chi connectivity index (χ2v) is 8.57. The highest BCUT2D eigenvalue weighted by Crippen LogP contribution is 2.34. The third-order valence-corrected chi connectivity index (χ3v) is 5.84. The van der Waals surface area contributed by atoms with Crippen LogP contribution in [0, 0.1) is 17.8 Å². The van der Waals surface area contributed by atoms with E-state index in [1.54, 1.807) is 4.90 Å². The predicted molar refractivity (Wildman–Crippen MR) is 104 cm³/mol. The fourth-order valence-corrected chi connectivity index (χ4v) is 4.66. The van der Waals surface area contributed by atoms with Crippen molar-refractivity contribution in [2.24, 2.45) is 17.8 Å². The minimum atomic E-state index is -4.49. The number of hydrogen-bond acceptors (Lipinski definition) is 2.